The molecule has 0 radical (unpaired) electrons. The van der Waals surface area contributed by atoms with Crippen LogP contribution in [0.15, 0.2) is 36.4 Å². The molecule has 0 fully saturated rings. The van der Waals surface area contributed by atoms with Crippen molar-refractivity contribution in [2.24, 2.45) is 0 Å². The van der Waals surface area contributed by atoms with E-state index in [-0.39, 0.29) is 0 Å². The summed E-state index contributed by atoms with van der Waals surface area (Å²) in [6.07, 6.45) is -0.501. The number of hydrogen-bond acceptors (Lipinski definition) is 3. The number of nitrogens with one attached hydrogen (secondary N) is 2. The van der Waals surface area contributed by atoms with E-state index >= 15 is 0 Å². The van der Waals surface area contributed by atoms with E-state index in [0.29, 0.717) is 28.1 Å². The van der Waals surface area contributed by atoms with Crippen LogP contribution in [-0.4, -0.2) is 19.4 Å². The Labute approximate surface area is 159 Å². The van der Waals surface area contributed by atoms with Gasteiger partial charge in [-0.25, -0.2) is 4.79 Å². The van der Waals surface area contributed by atoms with Crippen LogP contribution in [0, 0.1) is 6.92 Å². The molecule has 0 heterocycles. The lowest BCUT2D eigenvalue weighted by atomic mass is 10.0. The lowest BCUT2D eigenvalue weighted by molar-refractivity contribution is 0.183. The maximum atomic E-state index is 12.2. The second-order valence-electron chi connectivity index (χ2n) is 6.38. The number of benzene rings is 2. The molecule has 0 bridgehead atoms. The van der Waals surface area contributed by atoms with Gasteiger partial charge in [0.25, 0.3) is 0 Å². The number of rotatable bonds is 6. The predicted molar refractivity (Wildman–Crippen MR) is 106 cm³/mol. The van der Waals surface area contributed by atoms with E-state index in [9.17, 15) is 4.79 Å². The fraction of sp³-hybridized carbons (Fsp3) is 0.350. The molecule has 140 valence electrons. The summed E-state index contributed by atoms with van der Waals surface area (Å²) in [5, 5.41) is 6.07. The summed E-state index contributed by atoms with van der Waals surface area (Å²) in [7, 11) is 1.52. The molecule has 0 aliphatic carbocycles. The lowest BCUT2D eigenvalue weighted by Gasteiger charge is -2.18. The highest BCUT2D eigenvalue weighted by atomic mass is 35.5. The normalized spacial score (nSPS) is 11.8. The topological polar surface area (TPSA) is 59.6 Å². The van der Waals surface area contributed by atoms with E-state index in [0.717, 1.165) is 5.56 Å². The van der Waals surface area contributed by atoms with E-state index in [1.54, 1.807) is 19.1 Å². The third-order valence-electron chi connectivity index (χ3n) is 3.92. The summed E-state index contributed by atoms with van der Waals surface area (Å²) in [4.78, 5) is 12.2. The molecule has 6 heteroatoms. The molecule has 0 saturated heterocycles. The van der Waals surface area contributed by atoms with Crippen LogP contribution in [0.3, 0.4) is 0 Å². The third-order valence-corrected chi connectivity index (χ3v) is 4.33. The summed E-state index contributed by atoms with van der Waals surface area (Å²) in [6, 6.07) is 10.9. The van der Waals surface area contributed by atoms with Gasteiger partial charge in [0.05, 0.1) is 12.8 Å². The summed E-state index contributed by atoms with van der Waals surface area (Å²) in [6.45, 7) is 7.89. The van der Waals surface area contributed by atoms with Gasteiger partial charge >= 0.3 is 6.03 Å². The Bertz CT molecular complexity index is 760. The van der Waals surface area contributed by atoms with Gasteiger partial charge in [-0.15, -0.1) is 0 Å². The minimum Gasteiger partial charge on any atom is -0.495 e. The first-order valence-electron chi connectivity index (χ1n) is 8.48. The van der Waals surface area contributed by atoms with Gasteiger partial charge in [-0.3, -0.25) is 0 Å². The smallest absolute Gasteiger partial charge is 0.322 e. The number of ether oxygens (including phenoxy) is 2. The zero-order valence-electron chi connectivity index (χ0n) is 15.7. The molecule has 2 rings (SSSR count). The maximum absolute atomic E-state index is 12.2. The van der Waals surface area contributed by atoms with Gasteiger partial charge in [0.1, 0.15) is 11.5 Å². The second-order valence-corrected chi connectivity index (χ2v) is 6.79. The van der Waals surface area contributed by atoms with Gasteiger partial charge in [-0.1, -0.05) is 37.6 Å². The van der Waals surface area contributed by atoms with Crippen molar-refractivity contribution in [2.75, 3.05) is 12.4 Å². The van der Waals surface area contributed by atoms with Crippen molar-refractivity contribution in [3.05, 3.63) is 52.5 Å². The van der Waals surface area contributed by atoms with Crippen LogP contribution >= 0.6 is 11.6 Å². The van der Waals surface area contributed by atoms with Gasteiger partial charge in [-0.05, 0) is 49.1 Å². The molecule has 1 atom stereocenters. The van der Waals surface area contributed by atoms with E-state index in [2.05, 4.69) is 24.5 Å². The third kappa shape index (κ3) is 5.30. The molecule has 0 saturated carbocycles. The summed E-state index contributed by atoms with van der Waals surface area (Å²) >= 11 is 6.08. The Morgan fingerprint density at radius 3 is 2.35 bits per heavy atom. The summed E-state index contributed by atoms with van der Waals surface area (Å²) in [5.74, 6) is 1.65. The number of anilines is 1. The number of carbonyl (C=O) groups is 1. The van der Waals surface area contributed by atoms with Crippen LogP contribution in [-0.2, 0) is 0 Å². The molecule has 0 aliphatic heterocycles. The molecule has 2 amide bonds. The largest absolute Gasteiger partial charge is 0.495 e. The van der Waals surface area contributed by atoms with Crippen LogP contribution in [0.5, 0.6) is 11.5 Å². The van der Waals surface area contributed by atoms with Gasteiger partial charge < -0.3 is 20.1 Å². The average molecular weight is 377 g/mol. The minimum absolute atomic E-state index is 0.392. The Morgan fingerprint density at radius 1 is 1.12 bits per heavy atom. The molecule has 1 unspecified atom stereocenters. The fourth-order valence-electron chi connectivity index (χ4n) is 2.44. The molecule has 2 aromatic rings. The van der Waals surface area contributed by atoms with Crippen molar-refractivity contribution in [3.63, 3.8) is 0 Å². The number of hydrogen-bond donors (Lipinski definition) is 2. The first kappa shape index (κ1) is 19.9. The van der Waals surface area contributed by atoms with Crippen molar-refractivity contribution in [1.82, 2.24) is 5.32 Å². The first-order valence-corrected chi connectivity index (χ1v) is 8.86. The summed E-state index contributed by atoms with van der Waals surface area (Å²) in [5.41, 5.74) is 2.62. The standard InChI is InChI=1S/C20H25ClN2O3/c1-12(2)15-6-8-16(9-7-15)26-14(4)22-20(24)23-18-10-13(3)17(21)11-19(18)25-5/h6-12,14H,1-5H3,(H2,22,23,24). The Hall–Kier alpha value is -2.40. The van der Waals surface area contributed by atoms with Gasteiger partial charge in [0.15, 0.2) is 6.23 Å². The van der Waals surface area contributed by atoms with Crippen molar-refractivity contribution in [1.29, 1.82) is 0 Å². The number of halogens is 1. The van der Waals surface area contributed by atoms with E-state index in [1.165, 1.54) is 12.7 Å². The zero-order chi connectivity index (χ0) is 19.3. The quantitative estimate of drug-likeness (QED) is 0.670. The molecule has 26 heavy (non-hydrogen) atoms. The number of urea groups is 1. The van der Waals surface area contributed by atoms with Crippen LogP contribution in [0.4, 0.5) is 10.5 Å². The molecule has 2 aromatic carbocycles. The fourth-order valence-corrected chi connectivity index (χ4v) is 2.59. The summed E-state index contributed by atoms with van der Waals surface area (Å²) < 4.78 is 11.0. The highest BCUT2D eigenvalue weighted by Gasteiger charge is 2.13. The molecule has 0 spiro atoms. The molecule has 2 N–H and O–H groups in total. The number of aryl methyl sites for hydroxylation is 1. The number of methoxy groups -OCH3 is 1. The molecular weight excluding hydrogens is 352 g/mol. The van der Waals surface area contributed by atoms with Crippen LogP contribution in [0.25, 0.3) is 0 Å². The second kappa shape index (κ2) is 8.81. The van der Waals surface area contributed by atoms with Gasteiger partial charge in [0, 0.05) is 11.1 Å². The molecular formula is C20H25ClN2O3. The van der Waals surface area contributed by atoms with Crippen LogP contribution in [0.2, 0.25) is 5.02 Å². The van der Waals surface area contributed by atoms with Crippen molar-refractivity contribution in [3.8, 4) is 11.5 Å². The molecule has 0 aliphatic rings. The Morgan fingerprint density at radius 2 is 1.77 bits per heavy atom. The van der Waals surface area contributed by atoms with Crippen molar-refractivity contribution < 1.29 is 14.3 Å². The van der Waals surface area contributed by atoms with Gasteiger partial charge in [0.2, 0.25) is 0 Å². The van der Waals surface area contributed by atoms with Crippen molar-refractivity contribution >= 4 is 23.3 Å². The van der Waals surface area contributed by atoms with Gasteiger partial charge in [-0.2, -0.15) is 0 Å². The number of amides is 2. The van der Waals surface area contributed by atoms with E-state index < -0.39 is 12.3 Å². The van der Waals surface area contributed by atoms with Crippen LogP contribution < -0.4 is 20.1 Å². The minimum atomic E-state index is -0.501. The number of carbonyl (C=O) groups excluding carboxylic acids is 1. The zero-order valence-corrected chi connectivity index (χ0v) is 16.5. The lowest BCUT2D eigenvalue weighted by Crippen LogP contribution is -2.39. The SMILES string of the molecule is COc1cc(Cl)c(C)cc1NC(=O)NC(C)Oc1ccc(C(C)C)cc1. The maximum Gasteiger partial charge on any atom is 0.322 e. The molecule has 5 nitrogen and oxygen atoms in total. The van der Waals surface area contributed by atoms with E-state index in [4.69, 9.17) is 21.1 Å². The predicted octanol–water partition coefficient (Wildman–Crippen LogP) is 5.33. The first-order chi connectivity index (χ1) is 12.3. The van der Waals surface area contributed by atoms with Crippen LogP contribution in [0.1, 0.15) is 37.8 Å². The highest BCUT2D eigenvalue weighted by Crippen LogP contribution is 2.30. The average Bonchev–Trinajstić information content (AvgIpc) is 2.58. The Kier molecular flexibility index (Phi) is 6.75. The highest BCUT2D eigenvalue weighted by molar-refractivity contribution is 6.31. The monoisotopic (exact) mass is 376 g/mol. The molecule has 0 aromatic heterocycles. The van der Waals surface area contributed by atoms with E-state index in [1.807, 2.05) is 31.2 Å². The Balaban J connectivity index is 1.96. The van der Waals surface area contributed by atoms with Crippen molar-refractivity contribution in [2.45, 2.75) is 39.8 Å².